The van der Waals surface area contributed by atoms with Gasteiger partial charge in [-0.15, -0.1) is 24.8 Å². The number of hydrogen-bond donors (Lipinski definition) is 0. The second-order valence-electron chi connectivity index (χ2n) is 3.16. The van der Waals surface area contributed by atoms with Crippen LogP contribution >= 0.6 is 11.6 Å². The van der Waals surface area contributed by atoms with E-state index in [-0.39, 0.29) is 22.8 Å². The SMILES string of the molecule is COC(=O)c1cnc(OC(F)(F)F)c(CCl)c1OC. The molecule has 1 aromatic heterocycles. The first-order valence-corrected chi connectivity index (χ1v) is 5.33. The smallest absolute Gasteiger partial charge is 0.495 e. The van der Waals surface area contributed by atoms with Crippen molar-refractivity contribution in [2.45, 2.75) is 12.2 Å². The molecule has 0 aliphatic heterocycles. The number of methoxy groups -OCH3 is 2. The molecule has 0 amide bonds. The third-order valence-corrected chi connectivity index (χ3v) is 2.31. The van der Waals surface area contributed by atoms with E-state index < -0.39 is 18.2 Å². The van der Waals surface area contributed by atoms with E-state index in [4.69, 9.17) is 16.3 Å². The van der Waals surface area contributed by atoms with E-state index in [2.05, 4.69) is 14.5 Å². The fraction of sp³-hybridized carbons (Fsp3) is 0.400. The van der Waals surface area contributed by atoms with E-state index in [1.165, 1.54) is 7.11 Å². The molecule has 0 aromatic carbocycles. The Bertz CT molecular complexity index is 479. The molecule has 19 heavy (non-hydrogen) atoms. The predicted molar refractivity (Wildman–Crippen MR) is 58.4 cm³/mol. The first-order chi connectivity index (χ1) is 8.84. The number of alkyl halides is 4. The second-order valence-corrected chi connectivity index (χ2v) is 3.43. The van der Waals surface area contributed by atoms with Crippen molar-refractivity contribution in [2.24, 2.45) is 0 Å². The van der Waals surface area contributed by atoms with Crippen LogP contribution in [0.25, 0.3) is 0 Å². The normalized spacial score (nSPS) is 11.1. The summed E-state index contributed by atoms with van der Waals surface area (Å²) in [6, 6.07) is 0. The number of carbonyl (C=O) groups excluding carboxylic acids is 1. The number of ether oxygens (including phenoxy) is 3. The Hall–Kier alpha value is -1.70. The molecule has 1 heterocycles. The molecule has 0 bridgehead atoms. The highest BCUT2D eigenvalue weighted by Crippen LogP contribution is 2.34. The van der Waals surface area contributed by atoms with Crippen molar-refractivity contribution in [3.8, 4) is 11.6 Å². The average Bonchev–Trinajstić information content (AvgIpc) is 2.35. The van der Waals surface area contributed by atoms with Gasteiger partial charge in [-0.05, 0) is 0 Å². The number of nitrogens with zero attached hydrogens (tertiary/aromatic N) is 1. The number of carbonyl (C=O) groups is 1. The summed E-state index contributed by atoms with van der Waals surface area (Å²) in [5.74, 6) is -2.13. The number of aromatic nitrogens is 1. The first kappa shape index (κ1) is 15.4. The van der Waals surface area contributed by atoms with Crippen LogP contribution in [0.15, 0.2) is 6.20 Å². The van der Waals surface area contributed by atoms with E-state index in [1.54, 1.807) is 0 Å². The Morgan fingerprint density at radius 1 is 1.42 bits per heavy atom. The summed E-state index contributed by atoms with van der Waals surface area (Å²) >= 11 is 5.55. The van der Waals surface area contributed by atoms with Gasteiger partial charge in [0.05, 0.1) is 25.7 Å². The minimum absolute atomic E-state index is 0.143. The van der Waals surface area contributed by atoms with Crippen LogP contribution in [0.3, 0.4) is 0 Å². The summed E-state index contributed by atoms with van der Waals surface area (Å²) in [5.41, 5.74) is -0.334. The van der Waals surface area contributed by atoms with Gasteiger partial charge in [0.15, 0.2) is 0 Å². The zero-order valence-electron chi connectivity index (χ0n) is 9.88. The Labute approximate surface area is 111 Å². The third kappa shape index (κ3) is 3.63. The molecule has 0 fully saturated rings. The minimum Gasteiger partial charge on any atom is -0.495 e. The maximum absolute atomic E-state index is 12.2. The number of hydrogen-bond acceptors (Lipinski definition) is 5. The molecule has 1 rings (SSSR count). The number of halogens is 4. The Kier molecular flexibility index (Phi) is 4.82. The van der Waals surface area contributed by atoms with Crippen LogP contribution in [0.1, 0.15) is 15.9 Å². The quantitative estimate of drug-likeness (QED) is 0.631. The second kappa shape index (κ2) is 5.96. The molecule has 0 aliphatic rings. The minimum atomic E-state index is -4.92. The molecule has 1 aromatic rings. The molecule has 0 radical (unpaired) electrons. The van der Waals surface area contributed by atoms with Crippen LogP contribution in [0.5, 0.6) is 11.6 Å². The molecule has 106 valence electrons. The Morgan fingerprint density at radius 3 is 2.47 bits per heavy atom. The first-order valence-electron chi connectivity index (χ1n) is 4.80. The van der Waals surface area contributed by atoms with Gasteiger partial charge >= 0.3 is 12.3 Å². The molecular formula is C10H9ClF3NO4. The van der Waals surface area contributed by atoms with E-state index in [1.807, 2.05) is 0 Å². The molecule has 0 unspecified atom stereocenters. The fourth-order valence-electron chi connectivity index (χ4n) is 1.32. The highest BCUT2D eigenvalue weighted by molar-refractivity contribution is 6.17. The Balaban J connectivity index is 3.34. The van der Waals surface area contributed by atoms with Crippen molar-refractivity contribution in [3.63, 3.8) is 0 Å². The summed E-state index contributed by atoms with van der Waals surface area (Å²) in [4.78, 5) is 14.8. The fourth-order valence-corrected chi connectivity index (χ4v) is 1.56. The molecule has 0 spiro atoms. The highest BCUT2D eigenvalue weighted by Gasteiger charge is 2.34. The van der Waals surface area contributed by atoms with Gasteiger partial charge in [-0.1, -0.05) is 0 Å². The number of pyridine rings is 1. The van der Waals surface area contributed by atoms with Crippen molar-refractivity contribution in [1.82, 2.24) is 4.98 Å². The predicted octanol–water partition coefficient (Wildman–Crippen LogP) is 2.51. The molecule has 5 nitrogen and oxygen atoms in total. The lowest BCUT2D eigenvalue weighted by Crippen LogP contribution is -2.20. The molecule has 0 saturated carbocycles. The van der Waals surface area contributed by atoms with Gasteiger partial charge in [0, 0.05) is 6.20 Å². The van der Waals surface area contributed by atoms with Crippen LogP contribution in [0, 0.1) is 0 Å². The lowest BCUT2D eigenvalue weighted by atomic mass is 10.2. The van der Waals surface area contributed by atoms with Gasteiger partial charge in [-0.25, -0.2) is 9.78 Å². The van der Waals surface area contributed by atoms with Gasteiger partial charge in [-0.3, -0.25) is 0 Å². The standard InChI is InChI=1S/C10H9ClF3NO4/c1-17-7-5(3-11)8(19-10(12,13)14)15-4-6(7)9(16)18-2/h4H,3H2,1-2H3. The summed E-state index contributed by atoms with van der Waals surface area (Å²) in [6.45, 7) is 0. The largest absolute Gasteiger partial charge is 0.574 e. The van der Waals surface area contributed by atoms with Gasteiger partial charge in [0.1, 0.15) is 11.3 Å². The van der Waals surface area contributed by atoms with Crippen molar-refractivity contribution >= 4 is 17.6 Å². The van der Waals surface area contributed by atoms with Crippen molar-refractivity contribution < 1.29 is 32.2 Å². The van der Waals surface area contributed by atoms with E-state index in [0.29, 0.717) is 0 Å². The molecule has 0 N–H and O–H groups in total. The zero-order valence-corrected chi connectivity index (χ0v) is 10.6. The van der Waals surface area contributed by atoms with E-state index in [9.17, 15) is 18.0 Å². The molecule has 0 atom stereocenters. The van der Waals surface area contributed by atoms with Crippen molar-refractivity contribution in [1.29, 1.82) is 0 Å². The van der Waals surface area contributed by atoms with Crippen molar-refractivity contribution in [3.05, 3.63) is 17.3 Å². The topological polar surface area (TPSA) is 57.7 Å². The number of rotatable bonds is 4. The van der Waals surface area contributed by atoms with E-state index in [0.717, 1.165) is 13.3 Å². The van der Waals surface area contributed by atoms with Gasteiger partial charge in [0.2, 0.25) is 5.88 Å². The highest BCUT2D eigenvalue weighted by atomic mass is 35.5. The molecule has 0 aliphatic carbocycles. The maximum atomic E-state index is 12.2. The summed E-state index contributed by atoms with van der Waals surface area (Å²) in [6.07, 6.45) is -4.06. The van der Waals surface area contributed by atoms with Gasteiger partial charge < -0.3 is 14.2 Å². The third-order valence-electron chi connectivity index (χ3n) is 2.04. The van der Waals surface area contributed by atoms with Crippen LogP contribution < -0.4 is 9.47 Å². The van der Waals surface area contributed by atoms with Crippen LogP contribution in [-0.2, 0) is 10.6 Å². The van der Waals surface area contributed by atoms with Gasteiger partial charge in [-0.2, -0.15) is 0 Å². The monoisotopic (exact) mass is 299 g/mol. The lowest BCUT2D eigenvalue weighted by molar-refractivity contribution is -0.276. The molecule has 9 heteroatoms. The van der Waals surface area contributed by atoms with Crippen LogP contribution in [0.4, 0.5) is 13.2 Å². The van der Waals surface area contributed by atoms with Gasteiger partial charge in [0.25, 0.3) is 0 Å². The number of esters is 1. The summed E-state index contributed by atoms with van der Waals surface area (Å²) in [7, 11) is 2.29. The van der Waals surface area contributed by atoms with Crippen LogP contribution in [0.2, 0.25) is 0 Å². The van der Waals surface area contributed by atoms with Crippen molar-refractivity contribution in [2.75, 3.05) is 14.2 Å². The molecule has 0 saturated heterocycles. The van der Waals surface area contributed by atoms with E-state index >= 15 is 0 Å². The van der Waals surface area contributed by atoms with Crippen LogP contribution in [-0.4, -0.2) is 31.5 Å². The lowest BCUT2D eigenvalue weighted by Gasteiger charge is -2.15. The summed E-state index contributed by atoms with van der Waals surface area (Å²) < 4.78 is 49.6. The zero-order chi connectivity index (χ0) is 14.6. The Morgan fingerprint density at radius 2 is 2.05 bits per heavy atom. The maximum Gasteiger partial charge on any atom is 0.574 e. The molecular weight excluding hydrogens is 291 g/mol. The average molecular weight is 300 g/mol. The summed E-state index contributed by atoms with van der Waals surface area (Å²) in [5, 5.41) is 0.